The van der Waals surface area contributed by atoms with Crippen LogP contribution >= 0.6 is 0 Å². The Morgan fingerprint density at radius 2 is 1.68 bits per heavy atom. The van der Waals surface area contributed by atoms with Crippen LogP contribution in [0.15, 0.2) is 85.6 Å². The van der Waals surface area contributed by atoms with Gasteiger partial charge in [-0.2, -0.15) is 5.26 Å². The Morgan fingerprint density at radius 1 is 1.05 bits per heavy atom. The van der Waals surface area contributed by atoms with Gasteiger partial charge in [-0.3, -0.25) is 4.90 Å². The monoisotopic (exact) mass is 509 g/mol. The molecule has 1 aliphatic heterocycles. The summed E-state index contributed by atoms with van der Waals surface area (Å²) in [5.41, 5.74) is 5.87. The lowest BCUT2D eigenvalue weighted by Gasteiger charge is -2.46. The number of nitrogens with zero attached hydrogens (tertiary/aromatic N) is 5. The molecule has 1 fully saturated rings. The first-order valence-electron chi connectivity index (χ1n) is 12.7. The summed E-state index contributed by atoms with van der Waals surface area (Å²) >= 11 is 0. The normalized spacial score (nSPS) is 16.1. The molecule has 1 saturated heterocycles. The van der Waals surface area contributed by atoms with Crippen molar-refractivity contribution in [3.8, 4) is 6.07 Å². The summed E-state index contributed by atoms with van der Waals surface area (Å²) < 4.78 is 29.5. The molecule has 1 unspecified atom stereocenters. The second-order valence-corrected chi connectivity index (χ2v) is 9.50. The average molecular weight is 510 g/mol. The molecule has 5 nitrogen and oxygen atoms in total. The lowest BCUT2D eigenvalue weighted by Crippen LogP contribution is -2.55. The molecular formula is C31H29F2N5. The van der Waals surface area contributed by atoms with Crippen LogP contribution in [0.2, 0.25) is 0 Å². The molecule has 0 saturated carbocycles. The maximum absolute atomic E-state index is 13.8. The van der Waals surface area contributed by atoms with Crippen LogP contribution in [0.5, 0.6) is 0 Å². The molecule has 0 radical (unpaired) electrons. The minimum absolute atomic E-state index is 0.0337. The average Bonchev–Trinajstić information content (AvgIpc) is 3.32. The standard InChI is InChI=1S/C31H29F2N5/c1-4-21(3)28-19-37(31(22-6-10-24(32)11-7-22)23-8-12-25(33)13-9-23)16-17-38(28)29-20-36(5-2)27-15-14-26(18-34)35-30(27)29/h5-15,20,28,31H,2-4,16-17,19H2,1H3. The van der Waals surface area contributed by atoms with Crippen molar-refractivity contribution in [3.63, 3.8) is 0 Å². The highest BCUT2D eigenvalue weighted by Gasteiger charge is 2.35. The van der Waals surface area contributed by atoms with E-state index in [-0.39, 0.29) is 23.7 Å². The number of piperazine rings is 1. The van der Waals surface area contributed by atoms with E-state index in [9.17, 15) is 14.0 Å². The van der Waals surface area contributed by atoms with Crippen LogP contribution in [-0.2, 0) is 0 Å². The third-order valence-electron chi connectivity index (χ3n) is 7.35. The van der Waals surface area contributed by atoms with Gasteiger partial charge < -0.3 is 9.47 Å². The van der Waals surface area contributed by atoms with E-state index in [0.29, 0.717) is 25.3 Å². The zero-order valence-electron chi connectivity index (χ0n) is 21.3. The highest BCUT2D eigenvalue weighted by atomic mass is 19.1. The third kappa shape index (κ3) is 4.71. The SMILES string of the molecule is C=Cn1cc(N2CCN(C(c3ccc(F)cc3)c3ccc(F)cc3)CC2C(=C)CC)c2nc(C#N)ccc21. The molecule has 0 aliphatic carbocycles. The van der Waals surface area contributed by atoms with Crippen molar-refractivity contribution in [3.05, 3.63) is 114 Å². The van der Waals surface area contributed by atoms with Crippen molar-refractivity contribution in [1.29, 1.82) is 5.26 Å². The lowest BCUT2D eigenvalue weighted by molar-refractivity contribution is 0.191. The zero-order valence-corrected chi connectivity index (χ0v) is 21.3. The van der Waals surface area contributed by atoms with Gasteiger partial charge in [0.25, 0.3) is 0 Å². The lowest BCUT2D eigenvalue weighted by atomic mass is 9.93. The fourth-order valence-electron chi connectivity index (χ4n) is 5.35. The van der Waals surface area contributed by atoms with Crippen molar-refractivity contribution in [2.75, 3.05) is 24.5 Å². The predicted octanol–water partition coefficient (Wildman–Crippen LogP) is 6.53. The Balaban J connectivity index is 1.56. The highest BCUT2D eigenvalue weighted by molar-refractivity contribution is 5.92. The van der Waals surface area contributed by atoms with Gasteiger partial charge in [-0.15, -0.1) is 0 Å². The topological polar surface area (TPSA) is 48.1 Å². The molecule has 192 valence electrons. The van der Waals surface area contributed by atoms with Gasteiger partial charge in [0.2, 0.25) is 0 Å². The number of anilines is 1. The number of halogens is 2. The Kier molecular flexibility index (Phi) is 7.08. The van der Waals surface area contributed by atoms with Crippen molar-refractivity contribution < 1.29 is 8.78 Å². The fourth-order valence-corrected chi connectivity index (χ4v) is 5.35. The summed E-state index contributed by atoms with van der Waals surface area (Å²) in [6, 6.07) is 18.6. The zero-order chi connectivity index (χ0) is 26.8. The molecule has 0 N–H and O–H groups in total. The highest BCUT2D eigenvalue weighted by Crippen LogP contribution is 2.37. The Bertz CT molecular complexity index is 1470. The number of benzene rings is 2. The first-order valence-corrected chi connectivity index (χ1v) is 12.7. The van der Waals surface area contributed by atoms with Crippen LogP contribution in [0.1, 0.15) is 36.2 Å². The maximum Gasteiger partial charge on any atom is 0.141 e. The van der Waals surface area contributed by atoms with Gasteiger partial charge in [0.1, 0.15) is 28.9 Å². The summed E-state index contributed by atoms with van der Waals surface area (Å²) in [6.45, 7) is 12.5. The molecule has 2 aromatic heterocycles. The second kappa shape index (κ2) is 10.6. The molecule has 1 aliphatic rings. The fraction of sp³-hybridized carbons (Fsp3) is 0.226. The minimum atomic E-state index is -0.295. The van der Waals surface area contributed by atoms with Crippen LogP contribution in [0.25, 0.3) is 17.2 Å². The van der Waals surface area contributed by atoms with E-state index < -0.39 is 0 Å². The smallest absolute Gasteiger partial charge is 0.141 e. The van der Waals surface area contributed by atoms with Gasteiger partial charge in [0, 0.05) is 32.0 Å². The van der Waals surface area contributed by atoms with E-state index in [1.54, 1.807) is 36.5 Å². The van der Waals surface area contributed by atoms with E-state index in [2.05, 4.69) is 40.9 Å². The van der Waals surface area contributed by atoms with Gasteiger partial charge in [0.15, 0.2) is 0 Å². The number of nitriles is 1. The van der Waals surface area contributed by atoms with Gasteiger partial charge in [-0.25, -0.2) is 13.8 Å². The summed E-state index contributed by atoms with van der Waals surface area (Å²) in [6.07, 6.45) is 4.54. The summed E-state index contributed by atoms with van der Waals surface area (Å²) in [7, 11) is 0. The number of fused-ring (bicyclic) bond motifs is 1. The van der Waals surface area contributed by atoms with E-state index in [1.165, 1.54) is 24.3 Å². The first kappa shape index (κ1) is 25.4. The number of hydrogen-bond acceptors (Lipinski definition) is 4. The van der Waals surface area contributed by atoms with Gasteiger partial charge >= 0.3 is 0 Å². The number of hydrogen-bond donors (Lipinski definition) is 0. The maximum atomic E-state index is 13.8. The van der Waals surface area contributed by atoms with Crippen LogP contribution in [0, 0.1) is 23.0 Å². The molecular weight excluding hydrogens is 480 g/mol. The van der Waals surface area contributed by atoms with Crippen molar-refractivity contribution in [1.82, 2.24) is 14.5 Å². The van der Waals surface area contributed by atoms with Crippen LogP contribution in [-0.4, -0.2) is 40.1 Å². The summed E-state index contributed by atoms with van der Waals surface area (Å²) in [5, 5.41) is 9.47. The number of aromatic nitrogens is 2. The Hall–Kier alpha value is -4.28. The Morgan fingerprint density at radius 3 is 2.24 bits per heavy atom. The molecule has 3 heterocycles. The number of pyridine rings is 1. The van der Waals surface area contributed by atoms with Gasteiger partial charge in [-0.1, -0.05) is 49.9 Å². The van der Waals surface area contributed by atoms with E-state index in [0.717, 1.165) is 39.8 Å². The van der Waals surface area contributed by atoms with Crippen molar-refractivity contribution in [2.45, 2.75) is 25.4 Å². The minimum Gasteiger partial charge on any atom is -0.359 e. The first-order chi connectivity index (χ1) is 18.4. The molecule has 7 heteroatoms. The third-order valence-corrected chi connectivity index (χ3v) is 7.35. The van der Waals surface area contributed by atoms with Crippen molar-refractivity contribution >= 4 is 22.9 Å². The van der Waals surface area contributed by atoms with Crippen LogP contribution in [0.4, 0.5) is 14.5 Å². The predicted molar refractivity (Wildman–Crippen MR) is 148 cm³/mol. The Labute approximate surface area is 221 Å². The molecule has 5 rings (SSSR count). The molecule has 1 atom stereocenters. The largest absolute Gasteiger partial charge is 0.359 e. The molecule has 0 bridgehead atoms. The molecule has 0 amide bonds. The summed E-state index contributed by atoms with van der Waals surface area (Å²) in [4.78, 5) is 9.30. The molecule has 38 heavy (non-hydrogen) atoms. The van der Waals surface area contributed by atoms with Crippen molar-refractivity contribution in [2.24, 2.45) is 0 Å². The van der Waals surface area contributed by atoms with Crippen LogP contribution in [0.3, 0.4) is 0 Å². The molecule has 2 aromatic carbocycles. The quantitative estimate of drug-likeness (QED) is 0.266. The van der Waals surface area contributed by atoms with E-state index in [4.69, 9.17) is 0 Å². The van der Waals surface area contributed by atoms with E-state index >= 15 is 0 Å². The van der Waals surface area contributed by atoms with Gasteiger partial charge in [-0.05, 0) is 53.9 Å². The van der Waals surface area contributed by atoms with Gasteiger partial charge in [0.05, 0.1) is 23.3 Å². The molecule has 0 spiro atoms. The number of rotatable bonds is 7. The van der Waals surface area contributed by atoms with Crippen LogP contribution < -0.4 is 4.90 Å². The van der Waals surface area contributed by atoms with E-state index in [1.807, 2.05) is 16.8 Å². The molecule has 4 aromatic rings. The summed E-state index contributed by atoms with van der Waals surface area (Å²) in [5.74, 6) is -0.590. The second-order valence-electron chi connectivity index (χ2n) is 9.50.